The van der Waals surface area contributed by atoms with Crippen LogP contribution in [0, 0.1) is 0 Å². The Morgan fingerprint density at radius 3 is 2.60 bits per heavy atom. The number of anilines is 1. The molecule has 2 heteroatoms. The van der Waals surface area contributed by atoms with E-state index < -0.39 is 0 Å². The Morgan fingerprint density at radius 1 is 1.25 bits per heavy atom. The lowest BCUT2D eigenvalue weighted by molar-refractivity contribution is 0.379. The van der Waals surface area contributed by atoms with Crippen LogP contribution in [0.1, 0.15) is 51.7 Å². The highest BCUT2D eigenvalue weighted by molar-refractivity contribution is 5.53. The van der Waals surface area contributed by atoms with Gasteiger partial charge in [0, 0.05) is 11.4 Å². The summed E-state index contributed by atoms with van der Waals surface area (Å²) >= 11 is 0. The van der Waals surface area contributed by atoms with Crippen LogP contribution in [0.15, 0.2) is 42.1 Å². The number of nitrogens with two attached hydrogens (primary N) is 2. The first-order chi connectivity index (χ1) is 9.28. The molecule has 108 valence electrons. The molecule has 1 aliphatic carbocycles. The first kappa shape index (κ1) is 14.7. The molecule has 0 amide bonds. The van der Waals surface area contributed by atoms with Crippen LogP contribution < -0.4 is 11.5 Å². The molecule has 1 atom stereocenters. The van der Waals surface area contributed by atoms with Crippen molar-refractivity contribution in [2.45, 2.75) is 51.4 Å². The fourth-order valence-corrected chi connectivity index (χ4v) is 3.55. The zero-order valence-corrected chi connectivity index (χ0v) is 13.0. The normalized spacial score (nSPS) is 25.1. The van der Waals surface area contributed by atoms with Gasteiger partial charge < -0.3 is 11.5 Å². The molecular weight excluding hydrogens is 244 g/mol. The van der Waals surface area contributed by atoms with Gasteiger partial charge >= 0.3 is 0 Å². The van der Waals surface area contributed by atoms with Gasteiger partial charge in [-0.05, 0) is 59.9 Å². The van der Waals surface area contributed by atoms with E-state index >= 15 is 0 Å². The summed E-state index contributed by atoms with van der Waals surface area (Å²) in [4.78, 5) is 0. The molecule has 1 aromatic rings. The summed E-state index contributed by atoms with van der Waals surface area (Å²) < 4.78 is 0. The molecule has 2 rings (SSSR count). The molecule has 0 aliphatic heterocycles. The second-order valence-corrected chi connectivity index (χ2v) is 6.82. The number of hydrogen-bond acceptors (Lipinski definition) is 2. The van der Waals surface area contributed by atoms with Crippen LogP contribution in [0.25, 0.3) is 0 Å². The zero-order valence-electron chi connectivity index (χ0n) is 13.0. The van der Waals surface area contributed by atoms with Crippen molar-refractivity contribution < 1.29 is 0 Å². The Balaban J connectivity index is 2.34. The first-order valence-electron chi connectivity index (χ1n) is 7.27. The molecule has 1 aromatic carbocycles. The molecule has 0 radical (unpaired) electrons. The van der Waals surface area contributed by atoms with Crippen LogP contribution in [0.3, 0.4) is 0 Å². The average Bonchev–Trinajstić information content (AvgIpc) is 2.56. The van der Waals surface area contributed by atoms with E-state index in [4.69, 9.17) is 11.5 Å². The quantitative estimate of drug-likeness (QED) is 0.644. The number of hydrogen-bond donors (Lipinski definition) is 2. The van der Waals surface area contributed by atoms with Gasteiger partial charge in [-0.1, -0.05) is 39.0 Å². The van der Waals surface area contributed by atoms with Gasteiger partial charge in [0.15, 0.2) is 0 Å². The number of fused-ring (bicyclic) bond motifs is 1. The highest BCUT2D eigenvalue weighted by Crippen LogP contribution is 2.51. The third kappa shape index (κ3) is 2.60. The Hall–Kier alpha value is -1.70. The minimum atomic E-state index is 0.164. The molecule has 0 fully saturated rings. The number of benzene rings is 1. The van der Waals surface area contributed by atoms with Gasteiger partial charge in [-0.15, -0.1) is 0 Å². The van der Waals surface area contributed by atoms with E-state index in [-0.39, 0.29) is 10.8 Å². The second-order valence-electron chi connectivity index (χ2n) is 6.82. The third-order valence-corrected chi connectivity index (χ3v) is 4.47. The molecule has 4 N–H and O–H groups in total. The minimum absolute atomic E-state index is 0.164. The Morgan fingerprint density at radius 2 is 1.95 bits per heavy atom. The van der Waals surface area contributed by atoms with Crippen molar-refractivity contribution in [3.8, 4) is 0 Å². The predicted molar refractivity (Wildman–Crippen MR) is 87.6 cm³/mol. The van der Waals surface area contributed by atoms with Crippen LogP contribution in [0.5, 0.6) is 0 Å². The van der Waals surface area contributed by atoms with E-state index in [1.54, 1.807) is 0 Å². The van der Waals surface area contributed by atoms with Gasteiger partial charge in [-0.2, -0.15) is 0 Å². The molecule has 0 saturated carbocycles. The van der Waals surface area contributed by atoms with Crippen molar-refractivity contribution in [3.63, 3.8) is 0 Å². The minimum Gasteiger partial charge on any atom is -0.399 e. The van der Waals surface area contributed by atoms with E-state index in [9.17, 15) is 0 Å². The maximum absolute atomic E-state index is 5.96. The van der Waals surface area contributed by atoms with Gasteiger partial charge in [0.2, 0.25) is 0 Å². The maximum Gasteiger partial charge on any atom is 0.0317 e. The lowest BCUT2D eigenvalue weighted by Gasteiger charge is -2.26. The molecule has 0 saturated heterocycles. The number of rotatable bonds is 3. The van der Waals surface area contributed by atoms with Gasteiger partial charge in [-0.25, -0.2) is 0 Å². The summed E-state index contributed by atoms with van der Waals surface area (Å²) in [5.74, 6) is 0. The van der Waals surface area contributed by atoms with E-state index in [1.807, 2.05) is 25.1 Å². The fourth-order valence-electron chi connectivity index (χ4n) is 3.55. The fraction of sp³-hybridized carbons (Fsp3) is 0.444. The SMILES string of the molecule is C/C=C(N)\C=C/CC1(C)CC(C)(C)c2cc(N)ccc21. The second kappa shape index (κ2) is 5.01. The van der Waals surface area contributed by atoms with Crippen molar-refractivity contribution in [1.29, 1.82) is 0 Å². The highest BCUT2D eigenvalue weighted by atomic mass is 14.6. The Bertz CT molecular complexity index is 567. The third-order valence-electron chi connectivity index (χ3n) is 4.47. The summed E-state index contributed by atoms with van der Waals surface area (Å²) in [6.45, 7) is 8.91. The van der Waals surface area contributed by atoms with Crippen molar-refractivity contribution in [3.05, 3.63) is 53.3 Å². The van der Waals surface area contributed by atoms with Crippen LogP contribution in [-0.2, 0) is 10.8 Å². The average molecular weight is 270 g/mol. The van der Waals surface area contributed by atoms with Crippen molar-refractivity contribution in [2.24, 2.45) is 5.73 Å². The van der Waals surface area contributed by atoms with Crippen molar-refractivity contribution in [1.82, 2.24) is 0 Å². The van der Waals surface area contributed by atoms with Gasteiger partial charge in [-0.3, -0.25) is 0 Å². The smallest absolute Gasteiger partial charge is 0.0317 e. The van der Waals surface area contributed by atoms with E-state index in [0.29, 0.717) is 0 Å². The van der Waals surface area contributed by atoms with Crippen molar-refractivity contribution in [2.75, 3.05) is 5.73 Å². The molecule has 1 aliphatic rings. The Labute approximate surface area is 122 Å². The maximum atomic E-state index is 5.96. The lowest BCUT2D eigenvalue weighted by atomic mass is 9.78. The summed E-state index contributed by atoms with van der Waals surface area (Å²) in [5, 5.41) is 0. The Kier molecular flexibility index (Phi) is 3.68. The van der Waals surface area contributed by atoms with E-state index in [0.717, 1.165) is 24.2 Å². The van der Waals surface area contributed by atoms with Gasteiger partial charge in [0.05, 0.1) is 0 Å². The number of allylic oxidation sites excluding steroid dienone is 3. The molecule has 0 heterocycles. The highest BCUT2D eigenvalue weighted by Gasteiger charge is 2.43. The lowest BCUT2D eigenvalue weighted by Crippen LogP contribution is -2.21. The standard InChI is InChI=1S/C18H26N2/c1-5-13(19)7-6-10-18(4)12-17(2,3)16-11-14(20)8-9-15(16)18/h5-9,11H,10,12,19-20H2,1-4H3/b7-6-,13-5+. The first-order valence-corrected chi connectivity index (χ1v) is 7.27. The van der Waals surface area contributed by atoms with Crippen molar-refractivity contribution >= 4 is 5.69 Å². The number of nitrogen functional groups attached to an aromatic ring is 1. The summed E-state index contributed by atoms with van der Waals surface area (Å²) in [6.07, 6.45) is 8.26. The molecular formula is C18H26N2. The molecule has 20 heavy (non-hydrogen) atoms. The largest absolute Gasteiger partial charge is 0.399 e. The predicted octanol–water partition coefficient (Wildman–Crippen LogP) is 4.02. The summed E-state index contributed by atoms with van der Waals surface area (Å²) in [6, 6.07) is 6.36. The summed E-state index contributed by atoms with van der Waals surface area (Å²) in [7, 11) is 0. The topological polar surface area (TPSA) is 52.0 Å². The van der Waals surface area contributed by atoms with Crippen LogP contribution in [0.2, 0.25) is 0 Å². The van der Waals surface area contributed by atoms with Gasteiger partial charge in [0.25, 0.3) is 0 Å². The van der Waals surface area contributed by atoms with E-state index in [1.165, 1.54) is 11.1 Å². The van der Waals surface area contributed by atoms with Crippen LogP contribution in [-0.4, -0.2) is 0 Å². The monoisotopic (exact) mass is 270 g/mol. The van der Waals surface area contributed by atoms with Gasteiger partial charge in [0.1, 0.15) is 0 Å². The van der Waals surface area contributed by atoms with Crippen LogP contribution in [0.4, 0.5) is 5.69 Å². The summed E-state index contributed by atoms with van der Waals surface area (Å²) in [5.41, 5.74) is 16.6. The van der Waals surface area contributed by atoms with E-state index in [2.05, 4.69) is 39.0 Å². The molecule has 1 unspecified atom stereocenters. The zero-order chi connectivity index (χ0) is 15.0. The molecule has 0 aromatic heterocycles. The molecule has 0 bridgehead atoms. The molecule has 2 nitrogen and oxygen atoms in total. The molecule has 0 spiro atoms. The van der Waals surface area contributed by atoms with Crippen LogP contribution >= 0.6 is 0 Å².